The lowest BCUT2D eigenvalue weighted by molar-refractivity contribution is -0.140. The lowest BCUT2D eigenvalue weighted by Crippen LogP contribution is -2.29. The van der Waals surface area contributed by atoms with E-state index < -0.39 is 17.7 Å². The van der Waals surface area contributed by atoms with Gasteiger partial charge < -0.3 is 14.7 Å². The Kier molecular flexibility index (Phi) is 6.20. The SMILES string of the molecule is COc1ccc(/C(O)=C2/C(=O)C(=O)N(Cc3ccncc3)C2c2cccnc2)cc1C(C)(C)C. The summed E-state index contributed by atoms with van der Waals surface area (Å²) < 4.78 is 5.50. The maximum Gasteiger partial charge on any atom is 0.295 e. The number of Topliss-reactive ketones (excluding diaryl/α,β-unsaturated/α-hetero) is 1. The van der Waals surface area contributed by atoms with E-state index in [-0.39, 0.29) is 23.3 Å². The summed E-state index contributed by atoms with van der Waals surface area (Å²) in [7, 11) is 1.59. The number of rotatable bonds is 5. The van der Waals surface area contributed by atoms with Crippen LogP contribution in [0.15, 0.2) is 72.8 Å². The van der Waals surface area contributed by atoms with E-state index in [1.807, 2.05) is 26.8 Å². The van der Waals surface area contributed by atoms with Crippen molar-refractivity contribution in [1.29, 1.82) is 0 Å². The van der Waals surface area contributed by atoms with Crippen molar-refractivity contribution in [2.24, 2.45) is 0 Å². The van der Waals surface area contributed by atoms with Gasteiger partial charge in [0.05, 0.1) is 18.7 Å². The Morgan fingerprint density at radius 1 is 1.06 bits per heavy atom. The maximum absolute atomic E-state index is 13.2. The monoisotopic (exact) mass is 457 g/mol. The molecule has 174 valence electrons. The molecule has 0 saturated carbocycles. The van der Waals surface area contributed by atoms with Gasteiger partial charge in [-0.1, -0.05) is 26.8 Å². The molecule has 1 fully saturated rings. The van der Waals surface area contributed by atoms with E-state index in [2.05, 4.69) is 9.97 Å². The van der Waals surface area contributed by atoms with Gasteiger partial charge in [-0.3, -0.25) is 19.6 Å². The summed E-state index contributed by atoms with van der Waals surface area (Å²) in [4.78, 5) is 36.0. The predicted octanol–water partition coefficient (Wildman–Crippen LogP) is 4.40. The molecular weight excluding hydrogens is 430 g/mol. The van der Waals surface area contributed by atoms with Crippen molar-refractivity contribution in [1.82, 2.24) is 14.9 Å². The van der Waals surface area contributed by atoms with Crippen molar-refractivity contribution < 1.29 is 19.4 Å². The molecule has 3 heterocycles. The number of ether oxygens (including phenoxy) is 1. The fourth-order valence-corrected chi connectivity index (χ4v) is 4.21. The van der Waals surface area contributed by atoms with Gasteiger partial charge >= 0.3 is 0 Å². The van der Waals surface area contributed by atoms with Crippen molar-refractivity contribution in [3.63, 3.8) is 0 Å². The van der Waals surface area contributed by atoms with Gasteiger partial charge in [0.15, 0.2) is 0 Å². The Morgan fingerprint density at radius 3 is 2.41 bits per heavy atom. The number of hydrogen-bond donors (Lipinski definition) is 1. The van der Waals surface area contributed by atoms with Crippen LogP contribution in [0.5, 0.6) is 5.75 Å². The van der Waals surface area contributed by atoms with Crippen LogP contribution in [-0.2, 0) is 21.5 Å². The minimum absolute atomic E-state index is 0.0390. The summed E-state index contributed by atoms with van der Waals surface area (Å²) >= 11 is 0. The molecule has 34 heavy (non-hydrogen) atoms. The maximum atomic E-state index is 13.2. The molecule has 1 aromatic carbocycles. The smallest absolute Gasteiger partial charge is 0.295 e. The Morgan fingerprint density at radius 2 is 1.79 bits per heavy atom. The average Bonchev–Trinajstić information content (AvgIpc) is 3.08. The molecule has 1 saturated heterocycles. The summed E-state index contributed by atoms with van der Waals surface area (Å²) in [6, 6.07) is 11.6. The molecule has 7 heteroatoms. The highest BCUT2D eigenvalue weighted by molar-refractivity contribution is 6.46. The van der Waals surface area contributed by atoms with Gasteiger partial charge in [-0.2, -0.15) is 0 Å². The number of benzene rings is 1. The van der Waals surface area contributed by atoms with Gasteiger partial charge in [0.2, 0.25) is 0 Å². The van der Waals surface area contributed by atoms with E-state index in [9.17, 15) is 14.7 Å². The standard InChI is InChI=1S/C27H27N3O4/c1-27(2,3)20-14-18(7-8-21(20)34-4)24(31)22-23(19-6-5-11-29-15-19)30(26(33)25(22)32)16-17-9-12-28-13-10-17/h5-15,23,31H,16H2,1-4H3/b24-22-. The van der Waals surface area contributed by atoms with Gasteiger partial charge in [0.25, 0.3) is 11.7 Å². The molecule has 7 nitrogen and oxygen atoms in total. The molecule has 2 aromatic heterocycles. The molecule has 4 rings (SSSR count). The minimum Gasteiger partial charge on any atom is -0.507 e. The van der Waals surface area contributed by atoms with Crippen LogP contribution in [0.1, 0.15) is 49.1 Å². The van der Waals surface area contributed by atoms with Crippen molar-refractivity contribution in [2.45, 2.75) is 38.8 Å². The van der Waals surface area contributed by atoms with Crippen molar-refractivity contribution in [3.05, 3.63) is 95.1 Å². The fraction of sp³-hybridized carbons (Fsp3) is 0.259. The van der Waals surface area contributed by atoms with Crippen LogP contribution in [0.2, 0.25) is 0 Å². The molecule has 0 aliphatic carbocycles. The lowest BCUT2D eigenvalue weighted by atomic mass is 9.84. The first-order valence-electron chi connectivity index (χ1n) is 11.0. The fourth-order valence-electron chi connectivity index (χ4n) is 4.21. The summed E-state index contributed by atoms with van der Waals surface area (Å²) in [5.74, 6) is -0.936. The average molecular weight is 458 g/mol. The number of aromatic nitrogens is 2. The number of likely N-dealkylation sites (tertiary alicyclic amines) is 1. The van der Waals surface area contributed by atoms with Crippen LogP contribution in [0.25, 0.3) is 5.76 Å². The van der Waals surface area contributed by atoms with Crippen LogP contribution in [0.4, 0.5) is 0 Å². The van der Waals surface area contributed by atoms with E-state index in [0.29, 0.717) is 16.9 Å². The highest BCUT2D eigenvalue weighted by Crippen LogP contribution is 2.41. The molecular formula is C27H27N3O4. The molecule has 3 aromatic rings. The van der Waals surface area contributed by atoms with Crippen LogP contribution >= 0.6 is 0 Å². The number of carbonyl (C=O) groups is 2. The number of amides is 1. The number of nitrogens with zero attached hydrogens (tertiary/aromatic N) is 3. The molecule has 1 aliphatic heterocycles. The van der Waals surface area contributed by atoms with E-state index in [4.69, 9.17) is 4.74 Å². The third kappa shape index (κ3) is 4.29. The van der Waals surface area contributed by atoms with Crippen LogP contribution in [0, 0.1) is 0 Å². The van der Waals surface area contributed by atoms with Crippen LogP contribution < -0.4 is 4.74 Å². The summed E-state index contributed by atoms with van der Waals surface area (Å²) in [6.07, 6.45) is 6.50. The molecule has 1 atom stereocenters. The van der Waals surface area contributed by atoms with Gasteiger partial charge in [0.1, 0.15) is 11.5 Å². The summed E-state index contributed by atoms with van der Waals surface area (Å²) in [5, 5.41) is 11.4. The second-order valence-electron chi connectivity index (χ2n) is 9.23. The van der Waals surface area contributed by atoms with Crippen LogP contribution in [-0.4, -0.2) is 38.8 Å². The third-order valence-corrected chi connectivity index (χ3v) is 5.92. The zero-order valence-corrected chi connectivity index (χ0v) is 19.6. The lowest BCUT2D eigenvalue weighted by Gasteiger charge is -2.25. The Hall–Kier alpha value is -4.00. The Balaban J connectivity index is 1.88. The first-order chi connectivity index (χ1) is 16.2. The number of aliphatic hydroxyl groups is 1. The molecule has 1 unspecified atom stereocenters. The Labute approximate surface area is 198 Å². The minimum atomic E-state index is -0.776. The number of methoxy groups -OCH3 is 1. The first-order valence-corrected chi connectivity index (χ1v) is 11.0. The third-order valence-electron chi connectivity index (χ3n) is 5.92. The van der Waals surface area contributed by atoms with Crippen molar-refractivity contribution >= 4 is 17.4 Å². The quantitative estimate of drug-likeness (QED) is 0.347. The molecule has 1 N–H and O–H groups in total. The highest BCUT2D eigenvalue weighted by atomic mass is 16.5. The van der Waals surface area contributed by atoms with E-state index in [0.717, 1.165) is 11.1 Å². The number of ketones is 1. The molecule has 1 amide bonds. The van der Waals surface area contributed by atoms with Gasteiger partial charge in [-0.25, -0.2) is 0 Å². The molecule has 0 bridgehead atoms. The largest absolute Gasteiger partial charge is 0.507 e. The van der Waals surface area contributed by atoms with E-state index in [1.54, 1.807) is 68.3 Å². The van der Waals surface area contributed by atoms with Crippen LogP contribution in [0.3, 0.4) is 0 Å². The number of aliphatic hydroxyl groups excluding tert-OH is 1. The summed E-state index contributed by atoms with van der Waals surface area (Å²) in [6.45, 7) is 6.31. The predicted molar refractivity (Wildman–Crippen MR) is 128 cm³/mol. The molecule has 0 spiro atoms. The normalized spacial score (nSPS) is 17.8. The van der Waals surface area contributed by atoms with Gasteiger partial charge in [0, 0.05) is 42.5 Å². The van der Waals surface area contributed by atoms with Crippen molar-refractivity contribution in [2.75, 3.05) is 7.11 Å². The molecule has 0 radical (unpaired) electrons. The van der Waals surface area contributed by atoms with Gasteiger partial charge in [-0.05, 0) is 52.9 Å². The zero-order valence-electron chi connectivity index (χ0n) is 19.6. The van der Waals surface area contributed by atoms with Gasteiger partial charge in [-0.15, -0.1) is 0 Å². The second-order valence-corrected chi connectivity index (χ2v) is 9.23. The number of pyridine rings is 2. The Bertz CT molecular complexity index is 1250. The summed E-state index contributed by atoms with van der Waals surface area (Å²) in [5.41, 5.74) is 2.56. The second kappa shape index (κ2) is 9.09. The van der Waals surface area contributed by atoms with E-state index >= 15 is 0 Å². The zero-order chi connectivity index (χ0) is 24.5. The van der Waals surface area contributed by atoms with E-state index in [1.165, 1.54) is 4.90 Å². The highest BCUT2D eigenvalue weighted by Gasteiger charge is 2.46. The number of hydrogen-bond acceptors (Lipinski definition) is 6. The number of carbonyl (C=O) groups excluding carboxylic acids is 2. The molecule has 1 aliphatic rings. The first kappa shape index (κ1) is 23.2. The topological polar surface area (TPSA) is 92.6 Å². The van der Waals surface area contributed by atoms with Crippen molar-refractivity contribution in [3.8, 4) is 5.75 Å².